The second-order valence-corrected chi connectivity index (χ2v) is 3.73. The molecule has 4 nitrogen and oxygen atoms in total. The number of hydrogen-bond donors (Lipinski definition) is 1. The maximum atomic E-state index is 13.4. The van der Waals surface area contributed by atoms with Crippen molar-refractivity contribution in [3.05, 3.63) is 58.0 Å². The van der Waals surface area contributed by atoms with Crippen molar-refractivity contribution in [1.29, 1.82) is 0 Å². The maximum Gasteiger partial charge on any atom is 0.269 e. The minimum atomic E-state index is -0.693. The van der Waals surface area contributed by atoms with Crippen molar-refractivity contribution in [3.8, 4) is 0 Å². The smallest absolute Gasteiger partial charge is 0.269 e. The molecule has 0 aliphatic carbocycles. The average Bonchev–Trinajstić information content (AvgIpc) is 2.34. The molecule has 0 aliphatic rings. The van der Waals surface area contributed by atoms with Gasteiger partial charge in [-0.1, -0.05) is 6.07 Å². The Bertz CT molecular complexity index is 625. The Kier molecular flexibility index (Phi) is 3.36. The SMILES string of the molecule is CNc1cnn(Cc2ccc(F)cc2F)c(=O)c1. The van der Waals surface area contributed by atoms with Crippen LogP contribution in [0.1, 0.15) is 5.56 Å². The van der Waals surface area contributed by atoms with Gasteiger partial charge in [-0.2, -0.15) is 5.10 Å². The Labute approximate surface area is 102 Å². The second kappa shape index (κ2) is 4.95. The van der Waals surface area contributed by atoms with Gasteiger partial charge in [0.2, 0.25) is 0 Å². The predicted octanol–water partition coefficient (Wildman–Crippen LogP) is 1.61. The summed E-state index contributed by atoms with van der Waals surface area (Å²) in [5.41, 5.74) is 0.435. The minimum absolute atomic E-state index is 0.0328. The molecule has 0 saturated heterocycles. The Morgan fingerprint density at radius 3 is 2.72 bits per heavy atom. The first kappa shape index (κ1) is 12.2. The van der Waals surface area contributed by atoms with E-state index in [0.29, 0.717) is 5.69 Å². The largest absolute Gasteiger partial charge is 0.387 e. The normalized spacial score (nSPS) is 10.4. The van der Waals surface area contributed by atoms with E-state index in [0.717, 1.165) is 16.8 Å². The molecule has 0 radical (unpaired) electrons. The third-order valence-electron chi connectivity index (χ3n) is 2.49. The van der Waals surface area contributed by atoms with Gasteiger partial charge in [-0.15, -0.1) is 0 Å². The van der Waals surface area contributed by atoms with Gasteiger partial charge in [0.25, 0.3) is 5.56 Å². The number of benzene rings is 1. The van der Waals surface area contributed by atoms with Gasteiger partial charge in [0.1, 0.15) is 11.6 Å². The summed E-state index contributed by atoms with van der Waals surface area (Å²) in [5.74, 6) is -1.34. The lowest BCUT2D eigenvalue weighted by atomic mass is 10.2. The predicted molar refractivity (Wildman–Crippen MR) is 63.5 cm³/mol. The molecule has 94 valence electrons. The first-order valence-corrected chi connectivity index (χ1v) is 5.29. The number of nitrogens with one attached hydrogen (secondary N) is 1. The fourth-order valence-electron chi connectivity index (χ4n) is 1.50. The van der Waals surface area contributed by atoms with Crippen LogP contribution in [0.5, 0.6) is 0 Å². The van der Waals surface area contributed by atoms with Gasteiger partial charge < -0.3 is 5.32 Å². The van der Waals surface area contributed by atoms with Crippen LogP contribution in [0.25, 0.3) is 0 Å². The van der Waals surface area contributed by atoms with Gasteiger partial charge in [-0.05, 0) is 6.07 Å². The highest BCUT2D eigenvalue weighted by Gasteiger charge is 2.06. The third kappa shape index (κ3) is 2.53. The molecule has 1 aromatic carbocycles. The molecule has 0 aliphatic heterocycles. The average molecular weight is 251 g/mol. The van der Waals surface area contributed by atoms with E-state index in [1.54, 1.807) is 7.05 Å². The van der Waals surface area contributed by atoms with Crippen molar-refractivity contribution in [2.75, 3.05) is 12.4 Å². The van der Waals surface area contributed by atoms with E-state index in [2.05, 4.69) is 10.4 Å². The molecule has 0 amide bonds. The van der Waals surface area contributed by atoms with E-state index < -0.39 is 11.6 Å². The highest BCUT2D eigenvalue weighted by Crippen LogP contribution is 2.10. The molecule has 1 heterocycles. The van der Waals surface area contributed by atoms with E-state index >= 15 is 0 Å². The van der Waals surface area contributed by atoms with Crippen LogP contribution in [0.4, 0.5) is 14.5 Å². The van der Waals surface area contributed by atoms with E-state index in [1.807, 2.05) is 0 Å². The van der Waals surface area contributed by atoms with Crippen molar-refractivity contribution in [3.63, 3.8) is 0 Å². The topological polar surface area (TPSA) is 46.9 Å². The lowest BCUT2D eigenvalue weighted by Gasteiger charge is -2.06. The van der Waals surface area contributed by atoms with Crippen LogP contribution in [0, 0.1) is 11.6 Å². The van der Waals surface area contributed by atoms with Crippen LogP contribution in [-0.4, -0.2) is 16.8 Å². The molecule has 18 heavy (non-hydrogen) atoms. The first-order chi connectivity index (χ1) is 8.60. The van der Waals surface area contributed by atoms with E-state index in [4.69, 9.17) is 0 Å². The Hall–Kier alpha value is -2.24. The highest BCUT2D eigenvalue weighted by molar-refractivity contribution is 5.37. The summed E-state index contributed by atoms with van der Waals surface area (Å²) >= 11 is 0. The van der Waals surface area contributed by atoms with Gasteiger partial charge in [0.15, 0.2) is 0 Å². The standard InChI is InChI=1S/C12H11F2N3O/c1-15-10-5-12(18)17(16-6-10)7-8-2-3-9(13)4-11(8)14/h2-6,15H,7H2,1H3. The lowest BCUT2D eigenvalue weighted by molar-refractivity contribution is 0.551. The summed E-state index contributed by atoms with van der Waals surface area (Å²) in [5, 5.41) is 6.67. The number of halogens is 2. The molecule has 0 bridgehead atoms. The summed E-state index contributed by atoms with van der Waals surface area (Å²) in [6, 6.07) is 4.58. The van der Waals surface area contributed by atoms with Crippen molar-refractivity contribution >= 4 is 5.69 Å². The summed E-state index contributed by atoms with van der Waals surface area (Å²) in [7, 11) is 1.67. The molecule has 6 heteroatoms. The molecule has 2 aromatic rings. The van der Waals surface area contributed by atoms with Crippen LogP contribution in [0.15, 0.2) is 35.3 Å². The molecule has 0 fully saturated rings. The fraction of sp³-hybridized carbons (Fsp3) is 0.167. The Morgan fingerprint density at radius 1 is 1.33 bits per heavy atom. The van der Waals surface area contributed by atoms with Crippen LogP contribution >= 0.6 is 0 Å². The quantitative estimate of drug-likeness (QED) is 0.901. The lowest BCUT2D eigenvalue weighted by Crippen LogP contribution is -2.23. The molecule has 0 spiro atoms. The summed E-state index contributed by atoms with van der Waals surface area (Å²) < 4.78 is 27.3. The van der Waals surface area contributed by atoms with Crippen LogP contribution < -0.4 is 10.9 Å². The number of nitrogens with zero attached hydrogens (tertiary/aromatic N) is 2. The highest BCUT2D eigenvalue weighted by atomic mass is 19.1. The van der Waals surface area contributed by atoms with Crippen molar-refractivity contribution in [2.45, 2.75) is 6.54 Å². The zero-order valence-electron chi connectivity index (χ0n) is 9.65. The summed E-state index contributed by atoms with van der Waals surface area (Å²) in [4.78, 5) is 11.6. The summed E-state index contributed by atoms with van der Waals surface area (Å²) in [6.45, 7) is -0.0328. The molecular weight excluding hydrogens is 240 g/mol. The van der Waals surface area contributed by atoms with Gasteiger partial charge in [0, 0.05) is 24.7 Å². The number of aromatic nitrogens is 2. The van der Waals surface area contributed by atoms with Crippen LogP contribution in [0.2, 0.25) is 0 Å². The van der Waals surface area contributed by atoms with E-state index in [1.165, 1.54) is 18.3 Å². The number of rotatable bonds is 3. The number of hydrogen-bond acceptors (Lipinski definition) is 3. The van der Waals surface area contributed by atoms with Crippen LogP contribution in [0.3, 0.4) is 0 Å². The molecular formula is C12H11F2N3O. The van der Waals surface area contributed by atoms with Crippen molar-refractivity contribution in [1.82, 2.24) is 9.78 Å². The van der Waals surface area contributed by atoms with Gasteiger partial charge in [0.05, 0.1) is 18.4 Å². The van der Waals surface area contributed by atoms with Crippen molar-refractivity contribution in [2.24, 2.45) is 0 Å². The van der Waals surface area contributed by atoms with Gasteiger partial charge in [-0.3, -0.25) is 4.79 Å². The second-order valence-electron chi connectivity index (χ2n) is 3.73. The molecule has 1 aromatic heterocycles. The van der Waals surface area contributed by atoms with Gasteiger partial charge >= 0.3 is 0 Å². The number of anilines is 1. The fourth-order valence-corrected chi connectivity index (χ4v) is 1.50. The Morgan fingerprint density at radius 2 is 2.11 bits per heavy atom. The minimum Gasteiger partial charge on any atom is -0.387 e. The van der Waals surface area contributed by atoms with Gasteiger partial charge in [-0.25, -0.2) is 13.5 Å². The molecule has 0 unspecified atom stereocenters. The maximum absolute atomic E-state index is 13.4. The zero-order chi connectivity index (χ0) is 13.1. The van der Waals surface area contributed by atoms with E-state index in [9.17, 15) is 13.6 Å². The molecule has 0 saturated carbocycles. The molecule has 1 N–H and O–H groups in total. The summed E-state index contributed by atoms with van der Waals surface area (Å²) in [6.07, 6.45) is 1.46. The first-order valence-electron chi connectivity index (χ1n) is 5.29. The monoisotopic (exact) mass is 251 g/mol. The Balaban J connectivity index is 2.31. The molecule has 0 atom stereocenters. The molecule has 2 rings (SSSR count). The third-order valence-corrected chi connectivity index (χ3v) is 2.49. The van der Waals surface area contributed by atoms with E-state index in [-0.39, 0.29) is 17.7 Å². The zero-order valence-corrected chi connectivity index (χ0v) is 9.65. The van der Waals surface area contributed by atoms with Crippen LogP contribution in [-0.2, 0) is 6.54 Å². The van der Waals surface area contributed by atoms with Crippen molar-refractivity contribution < 1.29 is 8.78 Å².